The average molecular weight is 641 g/mol. The molecule has 7 nitrogen and oxygen atoms in total. The van der Waals surface area contributed by atoms with Gasteiger partial charge in [0.15, 0.2) is 0 Å². The third-order valence-corrected chi connectivity index (χ3v) is 11.6. The largest absolute Gasteiger partial charge is 0.394 e. The van der Waals surface area contributed by atoms with Gasteiger partial charge >= 0.3 is 6.18 Å². The summed E-state index contributed by atoms with van der Waals surface area (Å²) in [6.45, 7) is 3.89. The summed E-state index contributed by atoms with van der Waals surface area (Å²) < 4.78 is 71.4. The van der Waals surface area contributed by atoms with Crippen LogP contribution in [0.5, 0.6) is 0 Å². The Morgan fingerprint density at radius 3 is 2.29 bits per heavy atom. The molecule has 0 bridgehead atoms. The van der Waals surface area contributed by atoms with Crippen molar-refractivity contribution in [3.8, 4) is 11.3 Å². The SMILES string of the molecule is Cc1cccc(C)c1-c1cc(CC[C@@H](CC2(C(F)(F)F)CC2)N(C)C2CC3(CC3)C2)nc(NS(=O)(=O)c2cccc(C=O)c2)n1. The highest BCUT2D eigenvalue weighted by Crippen LogP contribution is 2.64. The fourth-order valence-corrected chi connectivity index (χ4v) is 8.03. The number of hydrogen-bond donors (Lipinski definition) is 1. The average Bonchev–Trinajstić information content (AvgIpc) is 3.89. The number of nitrogens with one attached hydrogen (secondary N) is 1. The number of aldehydes is 1. The van der Waals surface area contributed by atoms with E-state index in [1.807, 2.05) is 45.2 Å². The first-order valence-electron chi connectivity index (χ1n) is 15.5. The number of benzene rings is 2. The highest BCUT2D eigenvalue weighted by atomic mass is 32.2. The van der Waals surface area contributed by atoms with Crippen molar-refractivity contribution in [1.82, 2.24) is 14.9 Å². The standard InChI is InChI=1S/C34H39F3N4O3S/c1-22-6-4-7-23(2)30(22)29-17-25(38-31(39-29)40-45(43,44)28-9-5-8-24(16-28)21-42)10-11-26(20-33(14-15-33)34(35,36)37)41(3)27-18-32(19-27)12-13-32/h4-9,16-17,21,26-27H,10-15,18-20H2,1-3H3,(H,38,39,40)/t26-/m0/s1. The first-order valence-corrected chi connectivity index (χ1v) is 17.0. The number of hydrogen-bond acceptors (Lipinski definition) is 6. The minimum atomic E-state index is -4.24. The zero-order chi connectivity index (χ0) is 32.2. The van der Waals surface area contributed by atoms with Crippen LogP contribution in [0.25, 0.3) is 11.3 Å². The molecule has 0 unspecified atom stereocenters. The molecule has 3 aromatic rings. The third kappa shape index (κ3) is 6.52. The molecule has 45 heavy (non-hydrogen) atoms. The second-order valence-corrected chi connectivity index (χ2v) is 15.2. The van der Waals surface area contributed by atoms with Crippen LogP contribution in [-0.2, 0) is 16.4 Å². The van der Waals surface area contributed by atoms with E-state index in [2.05, 4.69) is 19.6 Å². The van der Waals surface area contributed by atoms with Crippen LogP contribution < -0.4 is 4.72 Å². The summed E-state index contributed by atoms with van der Waals surface area (Å²) in [5.74, 6) is -0.129. The Balaban J connectivity index is 1.31. The Hall–Kier alpha value is -3.31. The molecule has 1 atom stereocenters. The van der Waals surface area contributed by atoms with Crippen LogP contribution in [0.4, 0.5) is 19.1 Å². The number of alkyl halides is 3. The van der Waals surface area contributed by atoms with Crippen molar-refractivity contribution >= 4 is 22.3 Å². The van der Waals surface area contributed by atoms with Crippen LogP contribution >= 0.6 is 0 Å². The molecule has 2 aromatic carbocycles. The van der Waals surface area contributed by atoms with Gasteiger partial charge in [-0.15, -0.1) is 0 Å². The second-order valence-electron chi connectivity index (χ2n) is 13.5. The minimum absolute atomic E-state index is 0.0535. The summed E-state index contributed by atoms with van der Waals surface area (Å²) in [5.41, 5.74) is 2.83. The third-order valence-electron chi connectivity index (χ3n) is 10.3. The molecule has 11 heteroatoms. The molecular weight excluding hydrogens is 601 g/mol. The normalized spacial score (nSPS) is 19.3. The summed E-state index contributed by atoms with van der Waals surface area (Å²) in [7, 11) is -2.17. The minimum Gasteiger partial charge on any atom is -0.300 e. The molecule has 0 radical (unpaired) electrons. The number of carbonyl (C=O) groups is 1. The molecule has 3 aliphatic rings. The number of nitrogens with zero attached hydrogens (tertiary/aromatic N) is 3. The summed E-state index contributed by atoms with van der Waals surface area (Å²) >= 11 is 0. The van der Waals surface area contributed by atoms with E-state index in [4.69, 9.17) is 0 Å². The van der Waals surface area contributed by atoms with Gasteiger partial charge in [-0.3, -0.25) is 4.79 Å². The maximum Gasteiger partial charge on any atom is 0.394 e. The van der Waals surface area contributed by atoms with Crippen LogP contribution in [0.3, 0.4) is 0 Å². The van der Waals surface area contributed by atoms with Gasteiger partial charge < -0.3 is 4.90 Å². The molecule has 1 heterocycles. The maximum absolute atomic E-state index is 14.1. The Morgan fingerprint density at radius 2 is 1.69 bits per heavy atom. The van der Waals surface area contributed by atoms with Crippen molar-refractivity contribution in [3.05, 3.63) is 70.9 Å². The topological polar surface area (TPSA) is 92.3 Å². The maximum atomic E-state index is 14.1. The van der Waals surface area contributed by atoms with Gasteiger partial charge in [-0.05, 0) is 113 Å². The Labute approximate surface area is 262 Å². The van der Waals surface area contributed by atoms with E-state index in [0.717, 1.165) is 29.5 Å². The first kappa shape index (κ1) is 31.7. The smallest absolute Gasteiger partial charge is 0.300 e. The van der Waals surface area contributed by atoms with Crippen LogP contribution in [0, 0.1) is 24.7 Å². The number of anilines is 1. The molecule has 1 spiro atoms. The number of carbonyl (C=O) groups excluding carboxylic acids is 1. The molecule has 1 N–H and O–H groups in total. The number of aryl methyl sites for hydroxylation is 3. The van der Waals surface area contributed by atoms with Gasteiger partial charge in [-0.1, -0.05) is 30.3 Å². The number of rotatable bonds is 12. The Kier molecular flexibility index (Phi) is 8.08. The lowest BCUT2D eigenvalue weighted by molar-refractivity contribution is -0.193. The summed E-state index contributed by atoms with van der Waals surface area (Å²) in [5, 5.41) is 0. The number of halogens is 3. The van der Waals surface area contributed by atoms with Gasteiger partial charge in [0, 0.05) is 28.9 Å². The molecule has 6 rings (SSSR count). The summed E-state index contributed by atoms with van der Waals surface area (Å²) in [6, 6.07) is 13.3. The molecule has 0 amide bonds. The fraction of sp³-hybridized carbons (Fsp3) is 0.500. The van der Waals surface area contributed by atoms with Crippen LogP contribution in [0.2, 0.25) is 0 Å². The predicted octanol–water partition coefficient (Wildman–Crippen LogP) is 7.28. The number of aromatic nitrogens is 2. The Morgan fingerprint density at radius 1 is 1.02 bits per heavy atom. The van der Waals surface area contributed by atoms with Crippen molar-refractivity contribution in [2.45, 2.75) is 94.8 Å². The van der Waals surface area contributed by atoms with E-state index in [-0.39, 0.29) is 47.8 Å². The van der Waals surface area contributed by atoms with Crippen molar-refractivity contribution in [2.24, 2.45) is 10.8 Å². The highest BCUT2D eigenvalue weighted by Gasteiger charge is 2.64. The summed E-state index contributed by atoms with van der Waals surface area (Å²) in [6.07, 6.45) is 2.04. The van der Waals surface area contributed by atoms with E-state index >= 15 is 0 Å². The Bertz CT molecular complexity index is 1690. The van der Waals surface area contributed by atoms with Gasteiger partial charge in [0.1, 0.15) is 6.29 Å². The van der Waals surface area contributed by atoms with Crippen molar-refractivity contribution in [3.63, 3.8) is 0 Å². The number of sulfonamides is 1. The van der Waals surface area contributed by atoms with Gasteiger partial charge in [-0.2, -0.15) is 13.2 Å². The molecule has 240 valence electrons. The van der Waals surface area contributed by atoms with Crippen LogP contribution in [-0.4, -0.2) is 54.9 Å². The molecule has 3 saturated carbocycles. The van der Waals surface area contributed by atoms with E-state index in [1.54, 1.807) is 0 Å². The van der Waals surface area contributed by atoms with E-state index < -0.39 is 21.6 Å². The van der Waals surface area contributed by atoms with Gasteiger partial charge in [0.2, 0.25) is 5.95 Å². The lowest BCUT2D eigenvalue weighted by atomic mass is 9.75. The fourth-order valence-electron chi connectivity index (χ4n) is 7.03. The monoisotopic (exact) mass is 640 g/mol. The van der Waals surface area contributed by atoms with Crippen LogP contribution in [0.1, 0.15) is 78.5 Å². The predicted molar refractivity (Wildman–Crippen MR) is 166 cm³/mol. The van der Waals surface area contributed by atoms with E-state index in [9.17, 15) is 26.4 Å². The zero-order valence-corrected chi connectivity index (χ0v) is 26.6. The lowest BCUT2D eigenvalue weighted by Crippen LogP contribution is -2.50. The van der Waals surface area contributed by atoms with Gasteiger partial charge in [0.25, 0.3) is 10.0 Å². The van der Waals surface area contributed by atoms with Crippen molar-refractivity contribution in [2.75, 3.05) is 11.8 Å². The quantitative estimate of drug-likeness (QED) is 0.209. The molecule has 3 fully saturated rings. The highest BCUT2D eigenvalue weighted by molar-refractivity contribution is 7.92. The molecule has 3 aliphatic carbocycles. The zero-order valence-electron chi connectivity index (χ0n) is 25.8. The molecule has 0 aliphatic heterocycles. The molecule has 1 aromatic heterocycles. The second kappa shape index (κ2) is 11.5. The lowest BCUT2D eigenvalue weighted by Gasteiger charge is -2.46. The molecular formula is C34H39F3N4O3S. The first-order chi connectivity index (χ1) is 21.2. The van der Waals surface area contributed by atoms with Gasteiger partial charge in [-0.25, -0.2) is 23.1 Å². The molecule has 0 saturated heterocycles. The van der Waals surface area contributed by atoms with E-state index in [0.29, 0.717) is 35.9 Å². The summed E-state index contributed by atoms with van der Waals surface area (Å²) in [4.78, 5) is 22.5. The van der Waals surface area contributed by atoms with Crippen molar-refractivity contribution in [1.29, 1.82) is 0 Å². The van der Waals surface area contributed by atoms with Gasteiger partial charge in [0.05, 0.1) is 16.0 Å². The van der Waals surface area contributed by atoms with E-state index in [1.165, 1.54) is 37.1 Å². The van der Waals surface area contributed by atoms with Crippen LogP contribution in [0.15, 0.2) is 53.4 Å². The van der Waals surface area contributed by atoms with Crippen molar-refractivity contribution < 1.29 is 26.4 Å².